The van der Waals surface area contributed by atoms with Crippen LogP contribution in [0.4, 0.5) is 0 Å². The van der Waals surface area contributed by atoms with Crippen molar-refractivity contribution in [1.82, 2.24) is 15.7 Å². The van der Waals surface area contributed by atoms with E-state index in [4.69, 9.17) is 14.3 Å². The number of hydroxylamine groups is 2. The lowest BCUT2D eigenvalue weighted by Crippen LogP contribution is -2.48. The lowest BCUT2D eigenvalue weighted by atomic mass is 9.77. The van der Waals surface area contributed by atoms with Crippen LogP contribution in [0.25, 0.3) is 0 Å². The second-order valence-electron chi connectivity index (χ2n) is 14.9. The molecule has 59 heavy (non-hydrogen) atoms. The van der Waals surface area contributed by atoms with E-state index >= 15 is 0 Å². The van der Waals surface area contributed by atoms with Crippen LogP contribution < -0.4 is 15.4 Å². The van der Waals surface area contributed by atoms with E-state index in [2.05, 4.69) is 10.6 Å². The molecule has 0 bridgehead atoms. The van der Waals surface area contributed by atoms with Gasteiger partial charge in [0, 0.05) is 98.2 Å². The van der Waals surface area contributed by atoms with Crippen LogP contribution in [0.5, 0.6) is 23.0 Å². The topological polar surface area (TPSA) is 255 Å². The van der Waals surface area contributed by atoms with Crippen LogP contribution in [0.15, 0.2) is 54.6 Å². The fraction of sp³-hybridized carbons (Fsp3) is 0.400. The summed E-state index contributed by atoms with van der Waals surface area (Å²) >= 11 is 0. The minimum absolute atomic E-state index is 0.00407. The monoisotopic (exact) mass is 836 g/mol. The number of imide groups is 1. The number of fused-ring (bicyclic) bond motifs is 6. The quantitative estimate of drug-likeness (QED) is 0.0472. The summed E-state index contributed by atoms with van der Waals surface area (Å²) in [5, 5.41) is 26.4. The number of ether oxygens (including phenoxy) is 2. The molecule has 1 atom stereocenters. The summed E-state index contributed by atoms with van der Waals surface area (Å²) in [5.74, 6) is -3.68. The van der Waals surface area contributed by atoms with Gasteiger partial charge >= 0.3 is 11.9 Å². The van der Waals surface area contributed by atoms with E-state index in [1.165, 1.54) is 30.3 Å². The van der Waals surface area contributed by atoms with Crippen molar-refractivity contribution in [2.24, 2.45) is 0 Å². The molecule has 0 saturated carbocycles. The lowest BCUT2D eigenvalue weighted by Gasteiger charge is -2.36. The van der Waals surface area contributed by atoms with Crippen molar-refractivity contribution in [2.45, 2.75) is 57.0 Å². The Labute approximate surface area is 339 Å². The van der Waals surface area contributed by atoms with E-state index in [9.17, 15) is 52.0 Å². The summed E-state index contributed by atoms with van der Waals surface area (Å²) in [6.07, 6.45) is 1.00. The molecule has 18 nitrogen and oxygen atoms in total. The molecular formula is C40H44N4O14S. The minimum Gasteiger partial charge on any atom is -0.748 e. The lowest BCUT2D eigenvalue weighted by molar-refractivity contribution is -0.909. The second kappa shape index (κ2) is 17.4. The van der Waals surface area contributed by atoms with Crippen LogP contribution in [0.3, 0.4) is 0 Å². The first kappa shape index (κ1) is 42.6. The predicted molar refractivity (Wildman–Crippen MR) is 204 cm³/mol. The van der Waals surface area contributed by atoms with E-state index in [0.29, 0.717) is 58.7 Å². The normalized spacial score (nSPS) is 16.0. The largest absolute Gasteiger partial charge is 0.748 e. The number of esters is 1. The Kier molecular flexibility index (Phi) is 12.6. The molecule has 1 spiro atoms. The van der Waals surface area contributed by atoms with Crippen molar-refractivity contribution in [3.63, 3.8) is 0 Å². The van der Waals surface area contributed by atoms with Gasteiger partial charge in [-0.1, -0.05) is 6.07 Å². The van der Waals surface area contributed by atoms with Crippen LogP contribution >= 0.6 is 0 Å². The van der Waals surface area contributed by atoms with E-state index in [1.807, 2.05) is 7.05 Å². The van der Waals surface area contributed by atoms with Gasteiger partial charge in [-0.3, -0.25) is 19.2 Å². The van der Waals surface area contributed by atoms with Crippen molar-refractivity contribution in [3.05, 3.63) is 82.4 Å². The molecule has 314 valence electrons. The number of carbonyl (C=O) groups excluding carboxylic acids is 6. The molecule has 3 heterocycles. The highest BCUT2D eigenvalue weighted by Crippen LogP contribution is 2.57. The molecule has 4 N–H and O–H groups in total. The molecule has 0 radical (unpaired) electrons. The maximum atomic E-state index is 13.5. The maximum absolute atomic E-state index is 13.5. The second-order valence-corrected chi connectivity index (χ2v) is 16.4. The van der Waals surface area contributed by atoms with Crippen LogP contribution in [-0.4, -0.2) is 114 Å². The summed E-state index contributed by atoms with van der Waals surface area (Å²) < 4.78 is 46.3. The van der Waals surface area contributed by atoms with Crippen molar-refractivity contribution in [3.8, 4) is 23.0 Å². The summed E-state index contributed by atoms with van der Waals surface area (Å²) in [4.78, 5) is 79.2. The van der Waals surface area contributed by atoms with Crippen molar-refractivity contribution in [1.29, 1.82) is 0 Å². The number of rotatable bonds is 18. The van der Waals surface area contributed by atoms with Crippen LogP contribution in [0, 0.1) is 0 Å². The Balaban J connectivity index is 1.02. The number of carbonyl (C=O) groups is 6. The van der Waals surface area contributed by atoms with Gasteiger partial charge < -0.3 is 44.2 Å². The van der Waals surface area contributed by atoms with Crippen LogP contribution in [0.1, 0.15) is 88.8 Å². The number of nitrogens with one attached hydrogen (secondary N) is 2. The Morgan fingerprint density at radius 2 is 1.39 bits per heavy atom. The molecule has 1 unspecified atom stereocenters. The number of phenols is 2. The maximum Gasteiger partial charge on any atom is 0.340 e. The molecule has 6 rings (SSSR count). The van der Waals surface area contributed by atoms with Crippen LogP contribution in [0.2, 0.25) is 0 Å². The van der Waals surface area contributed by atoms with Gasteiger partial charge in [-0.25, -0.2) is 18.0 Å². The fourth-order valence-electron chi connectivity index (χ4n) is 7.55. The van der Waals surface area contributed by atoms with Gasteiger partial charge in [0.15, 0.2) is 5.60 Å². The zero-order chi connectivity index (χ0) is 42.5. The minimum atomic E-state index is -4.43. The Morgan fingerprint density at radius 3 is 2.00 bits per heavy atom. The molecule has 19 heteroatoms. The first-order valence-electron chi connectivity index (χ1n) is 19.1. The average Bonchev–Trinajstić information content (AvgIpc) is 3.64. The number of phenolic OH excluding ortho intramolecular Hbond substituents is 2. The zero-order valence-electron chi connectivity index (χ0n) is 32.2. The first-order chi connectivity index (χ1) is 28.0. The van der Waals surface area contributed by atoms with E-state index in [-0.39, 0.29) is 91.6 Å². The Bertz CT molecular complexity index is 2230. The third-order valence-corrected chi connectivity index (χ3v) is 11.3. The molecule has 1 fully saturated rings. The molecule has 4 amide bonds. The molecule has 0 aliphatic carbocycles. The summed E-state index contributed by atoms with van der Waals surface area (Å²) in [7, 11) is -2.54. The number of nitrogens with zero attached hydrogens (tertiary/aromatic N) is 2. The molecular weight excluding hydrogens is 793 g/mol. The summed E-state index contributed by atoms with van der Waals surface area (Å²) in [6.45, 7) is 1.84. The van der Waals surface area contributed by atoms with Gasteiger partial charge in [0.1, 0.15) is 23.0 Å². The van der Waals surface area contributed by atoms with Gasteiger partial charge in [0.25, 0.3) is 17.7 Å². The number of hydrogen-bond donors (Lipinski definition) is 4. The number of quaternary nitrogens is 1. The van der Waals surface area contributed by atoms with E-state index in [1.54, 1.807) is 24.3 Å². The molecule has 3 aliphatic heterocycles. The molecule has 0 aromatic heterocycles. The number of hydrogen-bond acceptors (Lipinski definition) is 14. The number of benzene rings is 3. The van der Waals surface area contributed by atoms with Crippen molar-refractivity contribution >= 4 is 45.7 Å². The summed E-state index contributed by atoms with van der Waals surface area (Å²) in [6, 6.07) is 13.5. The third kappa shape index (κ3) is 9.81. The highest BCUT2D eigenvalue weighted by molar-refractivity contribution is 7.85. The standard InChI is InChI=1S/C40H44N4O14S/c1-44(20-5-21-59(53,54)55,18-3-16-41-34(47)6-2-7-37(50)58-43-35(48)14-15-36(43)49)19-4-17-42-38(51)25-8-11-29-28(22-25)39(52)57-40(29)30-12-9-26(45)23-32(30)56-33-24-27(46)10-13-31(33)40/h8-13,22-24H,2-7,14-21H2,1H3,(H4-,41,42,45,46,47,51,53,54,55). The van der Waals surface area contributed by atoms with Gasteiger partial charge in [0.05, 0.1) is 42.4 Å². The molecule has 1 saturated heterocycles. The highest BCUT2D eigenvalue weighted by atomic mass is 32.2. The van der Waals surface area contributed by atoms with Crippen molar-refractivity contribution in [2.75, 3.05) is 45.5 Å². The molecule has 3 aromatic rings. The highest BCUT2D eigenvalue weighted by Gasteiger charge is 2.54. The van der Waals surface area contributed by atoms with Crippen molar-refractivity contribution < 1.29 is 70.7 Å². The zero-order valence-corrected chi connectivity index (χ0v) is 33.0. The SMILES string of the molecule is C[N+](CCCNC(=O)CCCC(=O)ON1C(=O)CCC1=O)(CCCNC(=O)c1ccc2c(c1)C(=O)OC21c2ccc(O)cc2Oc2cc(O)ccc21)CCCS(=O)(=O)[O-]. The van der Waals surface area contributed by atoms with E-state index < -0.39 is 51.1 Å². The molecule has 3 aromatic carbocycles. The Morgan fingerprint density at radius 1 is 0.814 bits per heavy atom. The van der Waals surface area contributed by atoms with E-state index in [0.717, 1.165) is 0 Å². The van der Waals surface area contributed by atoms with Gasteiger partial charge in [0.2, 0.25) is 5.91 Å². The van der Waals surface area contributed by atoms with Gasteiger partial charge in [-0.05, 0) is 42.8 Å². The number of aromatic hydroxyl groups is 2. The smallest absolute Gasteiger partial charge is 0.340 e. The Hall–Kier alpha value is -6.05. The van der Waals surface area contributed by atoms with Gasteiger partial charge in [-0.2, -0.15) is 0 Å². The number of amides is 4. The first-order valence-corrected chi connectivity index (χ1v) is 20.7. The van der Waals surface area contributed by atoms with Gasteiger partial charge in [-0.15, -0.1) is 5.06 Å². The third-order valence-electron chi connectivity index (χ3n) is 10.5. The summed E-state index contributed by atoms with van der Waals surface area (Å²) in [5.41, 5.74) is 0.212. The fourth-order valence-corrected chi connectivity index (χ4v) is 8.03. The average molecular weight is 837 g/mol. The molecule has 3 aliphatic rings. The van der Waals surface area contributed by atoms with Crippen LogP contribution in [-0.2, 0) is 44.5 Å². The predicted octanol–water partition coefficient (Wildman–Crippen LogP) is 2.45.